The molecule has 25 heavy (non-hydrogen) atoms. The molecule has 0 radical (unpaired) electrons. The summed E-state index contributed by atoms with van der Waals surface area (Å²) in [4.78, 5) is 27.7. The number of nitrogens with one attached hydrogen (secondary N) is 1. The van der Waals surface area contributed by atoms with Gasteiger partial charge in [0.2, 0.25) is 0 Å². The Hall–Kier alpha value is -2.60. The van der Waals surface area contributed by atoms with Crippen molar-refractivity contribution in [1.29, 1.82) is 0 Å². The predicted octanol–water partition coefficient (Wildman–Crippen LogP) is 3.59. The van der Waals surface area contributed by atoms with Gasteiger partial charge in [-0.25, -0.2) is 0 Å². The molecule has 2 heterocycles. The molecule has 0 unspecified atom stereocenters. The van der Waals surface area contributed by atoms with Gasteiger partial charge in [0.05, 0.1) is 11.5 Å². The van der Waals surface area contributed by atoms with Crippen molar-refractivity contribution in [2.45, 2.75) is 19.8 Å². The molecule has 0 spiro atoms. The van der Waals surface area contributed by atoms with Crippen molar-refractivity contribution in [2.75, 3.05) is 6.61 Å². The number of para-hydroxylation sites is 1. The molecular formula is C19H18N2O3S. The van der Waals surface area contributed by atoms with Crippen molar-refractivity contribution in [3.8, 4) is 5.75 Å². The highest BCUT2D eigenvalue weighted by Crippen LogP contribution is 2.29. The third-order valence-corrected chi connectivity index (χ3v) is 4.57. The molecule has 0 atom stereocenters. The van der Waals surface area contributed by atoms with Gasteiger partial charge in [0.25, 0.3) is 11.1 Å². The largest absolute Gasteiger partial charge is 0.493 e. The first-order valence-corrected chi connectivity index (χ1v) is 8.88. The average molecular weight is 354 g/mol. The van der Waals surface area contributed by atoms with Crippen LogP contribution < -0.4 is 10.1 Å². The maximum Gasteiger partial charge on any atom is 0.290 e. The number of pyridine rings is 1. The molecule has 3 rings (SSSR count). The molecule has 0 saturated carbocycles. The van der Waals surface area contributed by atoms with Crippen molar-refractivity contribution in [2.24, 2.45) is 0 Å². The molecule has 1 aromatic carbocycles. The fourth-order valence-corrected chi connectivity index (χ4v) is 3.04. The van der Waals surface area contributed by atoms with Crippen molar-refractivity contribution < 1.29 is 14.3 Å². The highest BCUT2D eigenvalue weighted by molar-refractivity contribution is 8.18. The first kappa shape index (κ1) is 17.2. The van der Waals surface area contributed by atoms with Crippen LogP contribution in [0.3, 0.4) is 0 Å². The zero-order chi connectivity index (χ0) is 17.6. The maximum absolute atomic E-state index is 11.7. The molecule has 0 aliphatic carbocycles. The van der Waals surface area contributed by atoms with Crippen LogP contribution in [0, 0.1) is 0 Å². The van der Waals surface area contributed by atoms with Crippen molar-refractivity contribution in [3.05, 3.63) is 64.3 Å². The zero-order valence-corrected chi connectivity index (χ0v) is 14.6. The highest BCUT2D eigenvalue weighted by Gasteiger charge is 2.25. The number of imide groups is 1. The number of rotatable bonds is 6. The number of thioether (sulfide) groups is 1. The van der Waals surface area contributed by atoms with E-state index in [-0.39, 0.29) is 11.1 Å². The monoisotopic (exact) mass is 354 g/mol. The number of hydrogen-bond acceptors (Lipinski definition) is 5. The lowest BCUT2D eigenvalue weighted by molar-refractivity contribution is -0.115. The molecule has 1 saturated heterocycles. The molecule has 0 bridgehead atoms. The Labute approximate surface area is 150 Å². The van der Waals surface area contributed by atoms with E-state index in [0.29, 0.717) is 23.7 Å². The van der Waals surface area contributed by atoms with Crippen LogP contribution in [-0.2, 0) is 17.6 Å². The number of nitrogens with zero attached hydrogens (tertiary/aromatic N) is 1. The Morgan fingerprint density at radius 3 is 2.72 bits per heavy atom. The van der Waals surface area contributed by atoms with E-state index in [4.69, 9.17) is 4.74 Å². The molecule has 2 aromatic rings. The van der Waals surface area contributed by atoms with Gasteiger partial charge < -0.3 is 4.74 Å². The number of amides is 2. The summed E-state index contributed by atoms with van der Waals surface area (Å²) >= 11 is 0.897. The number of aromatic nitrogens is 1. The van der Waals surface area contributed by atoms with Crippen molar-refractivity contribution >= 4 is 29.0 Å². The van der Waals surface area contributed by atoms with E-state index in [2.05, 4.69) is 23.3 Å². The summed E-state index contributed by atoms with van der Waals surface area (Å²) in [5, 5.41) is 1.90. The molecule has 1 aromatic heterocycles. The second-order valence-electron chi connectivity index (χ2n) is 5.50. The second kappa shape index (κ2) is 7.98. The van der Waals surface area contributed by atoms with E-state index in [1.54, 1.807) is 6.08 Å². The topological polar surface area (TPSA) is 68.3 Å². The van der Waals surface area contributed by atoms with E-state index in [1.807, 2.05) is 36.5 Å². The van der Waals surface area contributed by atoms with Crippen LogP contribution in [0.4, 0.5) is 4.79 Å². The standard InChI is InChI=1S/C19H18N2O3S/c1-2-13-7-8-15(20-12-13)9-10-24-16-6-4-3-5-14(16)11-17-18(22)21-19(23)25-17/h3-8,11-12H,2,9-10H2,1H3,(H,21,22,23)/b17-11+. The summed E-state index contributed by atoms with van der Waals surface area (Å²) in [6, 6.07) is 11.5. The number of carbonyl (C=O) groups excluding carboxylic acids is 2. The Morgan fingerprint density at radius 1 is 1.20 bits per heavy atom. The SMILES string of the molecule is CCc1ccc(CCOc2ccccc2/C=C2/SC(=O)NC2=O)nc1. The van der Waals surface area contributed by atoms with Gasteiger partial charge in [0, 0.05) is 23.9 Å². The van der Waals surface area contributed by atoms with Gasteiger partial charge in [0.1, 0.15) is 5.75 Å². The number of benzene rings is 1. The third-order valence-electron chi connectivity index (χ3n) is 3.76. The van der Waals surface area contributed by atoms with Gasteiger partial charge in [-0.2, -0.15) is 0 Å². The molecular weight excluding hydrogens is 336 g/mol. The second-order valence-corrected chi connectivity index (χ2v) is 6.51. The fraction of sp³-hybridized carbons (Fsp3) is 0.211. The van der Waals surface area contributed by atoms with E-state index in [0.717, 1.165) is 29.4 Å². The predicted molar refractivity (Wildman–Crippen MR) is 98.4 cm³/mol. The molecule has 5 nitrogen and oxygen atoms in total. The summed E-state index contributed by atoms with van der Waals surface area (Å²) in [7, 11) is 0. The van der Waals surface area contributed by atoms with Crippen LogP contribution in [0.2, 0.25) is 0 Å². The first-order valence-electron chi connectivity index (χ1n) is 8.06. The first-order chi connectivity index (χ1) is 12.2. The molecule has 128 valence electrons. The summed E-state index contributed by atoms with van der Waals surface area (Å²) in [5.74, 6) is 0.304. The van der Waals surface area contributed by atoms with Crippen LogP contribution >= 0.6 is 11.8 Å². The minimum atomic E-state index is -0.370. The molecule has 1 fully saturated rings. The Balaban J connectivity index is 1.66. The third kappa shape index (κ3) is 4.48. The number of hydrogen-bond donors (Lipinski definition) is 1. The minimum absolute atomic E-state index is 0.351. The van der Waals surface area contributed by atoms with E-state index >= 15 is 0 Å². The molecule has 1 aliphatic heterocycles. The normalized spacial score (nSPS) is 15.5. The summed E-state index contributed by atoms with van der Waals surface area (Å²) in [5.41, 5.74) is 2.96. The zero-order valence-electron chi connectivity index (χ0n) is 13.8. The Bertz CT molecular complexity index is 816. The number of ether oxygens (including phenoxy) is 1. The highest BCUT2D eigenvalue weighted by atomic mass is 32.2. The Morgan fingerprint density at radius 2 is 2.04 bits per heavy atom. The lowest BCUT2D eigenvalue weighted by Crippen LogP contribution is -2.17. The summed E-state index contributed by atoms with van der Waals surface area (Å²) in [6.45, 7) is 2.58. The molecule has 2 amide bonds. The van der Waals surface area contributed by atoms with E-state index < -0.39 is 0 Å². The van der Waals surface area contributed by atoms with Gasteiger partial charge in [-0.3, -0.25) is 19.9 Å². The fourth-order valence-electron chi connectivity index (χ4n) is 2.37. The van der Waals surface area contributed by atoms with E-state index in [9.17, 15) is 9.59 Å². The van der Waals surface area contributed by atoms with Crippen molar-refractivity contribution in [3.63, 3.8) is 0 Å². The summed E-state index contributed by atoms with van der Waals surface area (Å²) in [6.07, 6.45) is 5.23. The van der Waals surface area contributed by atoms with Gasteiger partial charge in [-0.1, -0.05) is 31.2 Å². The van der Waals surface area contributed by atoms with Gasteiger partial charge in [0.15, 0.2) is 0 Å². The van der Waals surface area contributed by atoms with Crippen LogP contribution in [0.1, 0.15) is 23.7 Å². The molecule has 1 aliphatic rings. The lowest BCUT2D eigenvalue weighted by atomic mass is 10.2. The maximum atomic E-state index is 11.7. The summed E-state index contributed by atoms with van der Waals surface area (Å²) < 4.78 is 5.86. The van der Waals surface area contributed by atoms with Gasteiger partial charge in [-0.05, 0) is 42.0 Å². The average Bonchev–Trinajstić information content (AvgIpc) is 2.94. The van der Waals surface area contributed by atoms with Crippen molar-refractivity contribution in [1.82, 2.24) is 10.3 Å². The van der Waals surface area contributed by atoms with Gasteiger partial charge >= 0.3 is 0 Å². The van der Waals surface area contributed by atoms with Crippen LogP contribution in [0.25, 0.3) is 6.08 Å². The van der Waals surface area contributed by atoms with Crippen LogP contribution in [-0.4, -0.2) is 22.7 Å². The quantitative estimate of drug-likeness (QED) is 0.803. The minimum Gasteiger partial charge on any atom is -0.493 e. The number of aryl methyl sites for hydroxylation is 1. The Kier molecular flexibility index (Phi) is 5.50. The molecule has 1 N–H and O–H groups in total. The van der Waals surface area contributed by atoms with Crippen LogP contribution in [0.15, 0.2) is 47.5 Å². The molecule has 6 heteroatoms. The lowest BCUT2D eigenvalue weighted by Gasteiger charge is -2.09. The number of carbonyl (C=O) groups is 2. The van der Waals surface area contributed by atoms with E-state index in [1.165, 1.54) is 5.56 Å². The smallest absolute Gasteiger partial charge is 0.290 e. The van der Waals surface area contributed by atoms with Gasteiger partial charge in [-0.15, -0.1) is 0 Å². The van der Waals surface area contributed by atoms with Crippen LogP contribution in [0.5, 0.6) is 5.75 Å².